The van der Waals surface area contributed by atoms with Crippen LogP contribution in [0, 0.1) is 11.8 Å². The quantitative estimate of drug-likeness (QED) is 0.633. The highest BCUT2D eigenvalue weighted by Gasteiger charge is 2.18. The molecule has 2 nitrogen and oxygen atoms in total. The van der Waals surface area contributed by atoms with Crippen molar-refractivity contribution in [2.45, 2.75) is 19.8 Å². The highest BCUT2D eigenvalue weighted by Crippen LogP contribution is 2.20. The van der Waals surface area contributed by atoms with Crippen LogP contribution in [-0.4, -0.2) is 26.7 Å². The largest absolute Gasteiger partial charge is 0.319 e. The molecule has 1 aliphatic heterocycles. The molecule has 0 bridgehead atoms. The average molecular weight is 156 g/mol. The zero-order valence-corrected chi connectivity index (χ0v) is 7.69. The van der Waals surface area contributed by atoms with Gasteiger partial charge in [0.15, 0.2) is 0 Å². The van der Waals surface area contributed by atoms with Crippen LogP contribution in [-0.2, 0) is 0 Å². The van der Waals surface area contributed by atoms with Crippen molar-refractivity contribution in [2.24, 2.45) is 11.8 Å². The molecule has 1 saturated heterocycles. The molecular weight excluding hydrogens is 136 g/mol. The van der Waals surface area contributed by atoms with E-state index < -0.39 is 0 Å². The van der Waals surface area contributed by atoms with Crippen molar-refractivity contribution in [1.82, 2.24) is 10.6 Å². The summed E-state index contributed by atoms with van der Waals surface area (Å²) in [6, 6.07) is 0. The van der Waals surface area contributed by atoms with Crippen molar-refractivity contribution < 1.29 is 0 Å². The molecular formula is C9H20N2. The van der Waals surface area contributed by atoms with Crippen LogP contribution in [0.3, 0.4) is 0 Å². The van der Waals surface area contributed by atoms with Crippen molar-refractivity contribution in [3.63, 3.8) is 0 Å². The third kappa shape index (κ3) is 2.80. The summed E-state index contributed by atoms with van der Waals surface area (Å²) in [4.78, 5) is 0. The highest BCUT2D eigenvalue weighted by molar-refractivity contribution is 4.73. The maximum Gasteiger partial charge on any atom is -0.00235 e. The fraction of sp³-hybridized carbons (Fsp3) is 1.00. The topological polar surface area (TPSA) is 24.1 Å². The van der Waals surface area contributed by atoms with Gasteiger partial charge in [0, 0.05) is 0 Å². The molecule has 11 heavy (non-hydrogen) atoms. The van der Waals surface area contributed by atoms with E-state index in [1.165, 1.54) is 32.5 Å². The minimum Gasteiger partial charge on any atom is -0.319 e. The van der Waals surface area contributed by atoms with E-state index in [2.05, 4.69) is 17.6 Å². The molecule has 1 fully saturated rings. The van der Waals surface area contributed by atoms with Gasteiger partial charge in [0.25, 0.3) is 0 Å². The second-order valence-corrected chi connectivity index (χ2v) is 3.62. The first-order valence-corrected chi connectivity index (χ1v) is 4.70. The normalized spacial score (nSPS) is 23.5. The van der Waals surface area contributed by atoms with E-state index in [4.69, 9.17) is 0 Å². The minimum absolute atomic E-state index is 0.849. The van der Waals surface area contributed by atoms with Gasteiger partial charge >= 0.3 is 0 Å². The Kier molecular flexibility index (Phi) is 3.87. The van der Waals surface area contributed by atoms with Crippen LogP contribution in [0.1, 0.15) is 19.8 Å². The van der Waals surface area contributed by atoms with E-state index in [0.717, 1.165) is 11.8 Å². The zero-order chi connectivity index (χ0) is 8.10. The standard InChI is InChI=1S/C9H20N2/c1-8(7-10-2)9-3-5-11-6-4-9/h8-11H,3-7H2,1-2H3. The summed E-state index contributed by atoms with van der Waals surface area (Å²) in [5.74, 6) is 1.80. The number of piperidine rings is 1. The second-order valence-electron chi connectivity index (χ2n) is 3.62. The molecule has 66 valence electrons. The van der Waals surface area contributed by atoms with Gasteiger partial charge < -0.3 is 10.6 Å². The minimum atomic E-state index is 0.849. The van der Waals surface area contributed by atoms with E-state index in [1.54, 1.807) is 0 Å². The molecule has 0 aliphatic carbocycles. The predicted molar refractivity (Wildman–Crippen MR) is 48.7 cm³/mol. The first-order valence-electron chi connectivity index (χ1n) is 4.70. The van der Waals surface area contributed by atoms with Crippen LogP contribution in [0.5, 0.6) is 0 Å². The maximum atomic E-state index is 3.39. The molecule has 0 aromatic rings. The molecule has 1 unspecified atom stereocenters. The van der Waals surface area contributed by atoms with Gasteiger partial charge in [-0.05, 0) is 51.4 Å². The van der Waals surface area contributed by atoms with Gasteiger partial charge in [0.05, 0.1) is 0 Å². The van der Waals surface area contributed by atoms with Gasteiger partial charge in [0.1, 0.15) is 0 Å². The highest BCUT2D eigenvalue weighted by atomic mass is 14.9. The van der Waals surface area contributed by atoms with E-state index in [-0.39, 0.29) is 0 Å². The van der Waals surface area contributed by atoms with E-state index in [9.17, 15) is 0 Å². The summed E-state index contributed by atoms with van der Waals surface area (Å²) < 4.78 is 0. The van der Waals surface area contributed by atoms with E-state index >= 15 is 0 Å². The Morgan fingerprint density at radius 2 is 2.09 bits per heavy atom. The predicted octanol–water partition coefficient (Wildman–Crippen LogP) is 0.841. The Morgan fingerprint density at radius 1 is 1.45 bits per heavy atom. The second kappa shape index (κ2) is 4.73. The van der Waals surface area contributed by atoms with Crippen LogP contribution in [0.2, 0.25) is 0 Å². The van der Waals surface area contributed by atoms with Crippen LogP contribution in [0.15, 0.2) is 0 Å². The fourth-order valence-corrected chi connectivity index (χ4v) is 1.90. The van der Waals surface area contributed by atoms with Gasteiger partial charge in [-0.1, -0.05) is 6.92 Å². The molecule has 0 saturated carbocycles. The molecule has 0 spiro atoms. The number of hydrogen-bond acceptors (Lipinski definition) is 2. The fourth-order valence-electron chi connectivity index (χ4n) is 1.90. The van der Waals surface area contributed by atoms with Gasteiger partial charge in [0.2, 0.25) is 0 Å². The maximum absolute atomic E-state index is 3.39. The smallest absolute Gasteiger partial charge is 0.00235 e. The number of hydrogen-bond donors (Lipinski definition) is 2. The molecule has 2 N–H and O–H groups in total. The molecule has 0 amide bonds. The molecule has 1 rings (SSSR count). The Bertz CT molecular complexity index is 97.7. The lowest BCUT2D eigenvalue weighted by atomic mass is 9.86. The van der Waals surface area contributed by atoms with E-state index in [0.29, 0.717) is 0 Å². The molecule has 0 aromatic heterocycles. The molecule has 0 radical (unpaired) electrons. The summed E-state index contributed by atoms with van der Waals surface area (Å²) >= 11 is 0. The molecule has 2 heteroatoms. The summed E-state index contributed by atoms with van der Waals surface area (Å²) in [6.45, 7) is 5.97. The van der Waals surface area contributed by atoms with Gasteiger partial charge in [-0.2, -0.15) is 0 Å². The third-order valence-electron chi connectivity index (χ3n) is 2.71. The van der Waals surface area contributed by atoms with Crippen molar-refractivity contribution >= 4 is 0 Å². The summed E-state index contributed by atoms with van der Waals surface area (Å²) in [7, 11) is 2.04. The van der Waals surface area contributed by atoms with Crippen LogP contribution in [0.4, 0.5) is 0 Å². The van der Waals surface area contributed by atoms with E-state index in [1.807, 2.05) is 7.05 Å². The van der Waals surface area contributed by atoms with Gasteiger partial charge in [-0.3, -0.25) is 0 Å². The van der Waals surface area contributed by atoms with Gasteiger partial charge in [-0.15, -0.1) is 0 Å². The lowest BCUT2D eigenvalue weighted by Crippen LogP contribution is -2.33. The Balaban J connectivity index is 2.21. The Labute approximate surface area is 69.8 Å². The average Bonchev–Trinajstić information content (AvgIpc) is 2.07. The van der Waals surface area contributed by atoms with Crippen molar-refractivity contribution in [2.75, 3.05) is 26.7 Å². The summed E-state index contributed by atoms with van der Waals surface area (Å²) in [6.07, 6.45) is 2.73. The van der Waals surface area contributed by atoms with Crippen molar-refractivity contribution in [3.8, 4) is 0 Å². The third-order valence-corrected chi connectivity index (χ3v) is 2.71. The Hall–Kier alpha value is -0.0800. The SMILES string of the molecule is CNCC(C)C1CCNCC1. The lowest BCUT2D eigenvalue weighted by molar-refractivity contribution is 0.272. The number of nitrogens with one attached hydrogen (secondary N) is 2. The molecule has 1 heterocycles. The molecule has 1 aliphatic rings. The van der Waals surface area contributed by atoms with Crippen molar-refractivity contribution in [3.05, 3.63) is 0 Å². The summed E-state index contributed by atoms with van der Waals surface area (Å²) in [5.41, 5.74) is 0. The monoisotopic (exact) mass is 156 g/mol. The zero-order valence-electron chi connectivity index (χ0n) is 7.69. The summed E-state index contributed by atoms with van der Waals surface area (Å²) in [5, 5.41) is 6.64. The number of rotatable bonds is 3. The van der Waals surface area contributed by atoms with Crippen LogP contribution in [0.25, 0.3) is 0 Å². The first-order chi connectivity index (χ1) is 5.34. The van der Waals surface area contributed by atoms with Gasteiger partial charge in [-0.25, -0.2) is 0 Å². The first kappa shape index (κ1) is 9.01. The van der Waals surface area contributed by atoms with Crippen LogP contribution < -0.4 is 10.6 Å². The lowest BCUT2D eigenvalue weighted by Gasteiger charge is -2.27. The molecule has 0 aromatic carbocycles. The van der Waals surface area contributed by atoms with Crippen molar-refractivity contribution in [1.29, 1.82) is 0 Å². The molecule has 1 atom stereocenters. The van der Waals surface area contributed by atoms with Crippen LogP contribution >= 0.6 is 0 Å². The Morgan fingerprint density at radius 3 is 2.64 bits per heavy atom.